The van der Waals surface area contributed by atoms with Crippen molar-refractivity contribution in [2.24, 2.45) is 0 Å². The van der Waals surface area contributed by atoms with Gasteiger partial charge in [-0.3, -0.25) is 4.79 Å². The van der Waals surface area contributed by atoms with E-state index in [9.17, 15) is 4.79 Å². The Morgan fingerprint density at radius 1 is 1.00 bits per heavy atom. The summed E-state index contributed by atoms with van der Waals surface area (Å²) in [5, 5.41) is 10.7. The number of fused-ring (bicyclic) bond motifs is 1. The number of aryl methyl sites for hydroxylation is 2. The first-order valence-corrected chi connectivity index (χ1v) is 12.6. The Morgan fingerprint density at radius 2 is 1.79 bits per heavy atom. The molecule has 1 aliphatic rings. The van der Waals surface area contributed by atoms with E-state index in [1.165, 1.54) is 11.9 Å². The van der Waals surface area contributed by atoms with Gasteiger partial charge in [0, 0.05) is 11.4 Å². The summed E-state index contributed by atoms with van der Waals surface area (Å²) < 4.78 is 13.8. The Labute approximate surface area is 222 Å². The number of carbonyl (C=O) groups is 1. The first kappa shape index (κ1) is 25.1. The van der Waals surface area contributed by atoms with Crippen molar-refractivity contribution in [3.05, 3.63) is 107 Å². The highest BCUT2D eigenvalue weighted by molar-refractivity contribution is 6.06. The van der Waals surface area contributed by atoms with E-state index in [1.54, 1.807) is 4.68 Å². The Hall–Kier alpha value is -4.59. The lowest BCUT2D eigenvalue weighted by Crippen LogP contribution is -2.31. The molecule has 0 bridgehead atoms. The maximum absolute atomic E-state index is 13.7. The second kappa shape index (κ2) is 10.8. The standard InChI is InChI=1S/C30H31N5O3/c1-5-37-26-16-23(14-15-25(26)38-17-22-12-10-19(2)11-13-22)28-27(21(4)33-30-31-18-32-35(28)30)29(36)34-24-9-7-6-8-20(24)3/h6-16,18,28H,5,17H2,1-4H3,(H,34,36)(H,31,32,33)/t28-/m1/s1. The van der Waals surface area contributed by atoms with Crippen LogP contribution in [0.25, 0.3) is 0 Å². The molecule has 3 aromatic carbocycles. The van der Waals surface area contributed by atoms with E-state index in [0.29, 0.717) is 41.9 Å². The molecule has 0 unspecified atom stereocenters. The molecule has 194 valence electrons. The van der Waals surface area contributed by atoms with Gasteiger partial charge in [-0.2, -0.15) is 10.1 Å². The van der Waals surface area contributed by atoms with E-state index in [2.05, 4.69) is 51.9 Å². The number of carbonyl (C=O) groups excluding carboxylic acids is 1. The molecule has 0 saturated carbocycles. The zero-order valence-corrected chi connectivity index (χ0v) is 22.0. The zero-order valence-electron chi connectivity index (χ0n) is 22.0. The molecule has 8 heteroatoms. The molecule has 38 heavy (non-hydrogen) atoms. The number of hydrogen-bond acceptors (Lipinski definition) is 6. The normalized spacial score (nSPS) is 14.5. The van der Waals surface area contributed by atoms with Crippen molar-refractivity contribution in [3.63, 3.8) is 0 Å². The van der Waals surface area contributed by atoms with Crippen LogP contribution >= 0.6 is 0 Å². The fourth-order valence-corrected chi connectivity index (χ4v) is 4.52. The molecular formula is C30H31N5O3. The molecule has 0 spiro atoms. The van der Waals surface area contributed by atoms with Crippen LogP contribution in [0.1, 0.15) is 42.1 Å². The Bertz CT molecular complexity index is 1490. The van der Waals surface area contributed by atoms with Crippen molar-refractivity contribution in [3.8, 4) is 11.5 Å². The molecule has 8 nitrogen and oxygen atoms in total. The number of ether oxygens (including phenoxy) is 2. The van der Waals surface area contributed by atoms with Gasteiger partial charge in [-0.15, -0.1) is 0 Å². The van der Waals surface area contributed by atoms with Gasteiger partial charge in [0.2, 0.25) is 5.95 Å². The van der Waals surface area contributed by atoms with Gasteiger partial charge in [0.05, 0.1) is 12.2 Å². The quantitative estimate of drug-likeness (QED) is 0.312. The lowest BCUT2D eigenvalue weighted by atomic mass is 9.94. The average Bonchev–Trinajstić information content (AvgIpc) is 3.37. The van der Waals surface area contributed by atoms with Crippen LogP contribution in [0.3, 0.4) is 0 Å². The highest BCUT2D eigenvalue weighted by atomic mass is 16.5. The maximum Gasteiger partial charge on any atom is 0.255 e. The van der Waals surface area contributed by atoms with Gasteiger partial charge in [0.1, 0.15) is 19.0 Å². The Balaban J connectivity index is 1.49. The summed E-state index contributed by atoms with van der Waals surface area (Å²) in [6.45, 7) is 8.72. The van der Waals surface area contributed by atoms with Crippen molar-refractivity contribution < 1.29 is 14.3 Å². The smallest absolute Gasteiger partial charge is 0.255 e. The highest BCUT2D eigenvalue weighted by Gasteiger charge is 2.34. The van der Waals surface area contributed by atoms with Crippen molar-refractivity contribution in [2.45, 2.75) is 40.3 Å². The summed E-state index contributed by atoms with van der Waals surface area (Å²) in [6, 6.07) is 21.2. The molecule has 1 aliphatic heterocycles. The molecule has 0 aliphatic carbocycles. The van der Waals surface area contributed by atoms with Gasteiger partial charge in [-0.05, 0) is 62.6 Å². The van der Waals surface area contributed by atoms with Crippen molar-refractivity contribution in [1.29, 1.82) is 0 Å². The molecule has 0 fully saturated rings. The predicted molar refractivity (Wildman–Crippen MR) is 147 cm³/mol. The molecule has 2 heterocycles. The second-order valence-corrected chi connectivity index (χ2v) is 9.28. The molecule has 0 saturated heterocycles. The number of hydrogen-bond donors (Lipinski definition) is 2. The lowest BCUT2D eigenvalue weighted by Gasteiger charge is -2.29. The first-order valence-electron chi connectivity index (χ1n) is 12.6. The van der Waals surface area contributed by atoms with Crippen LogP contribution < -0.4 is 20.1 Å². The molecule has 5 rings (SSSR count). The topological polar surface area (TPSA) is 90.3 Å². The van der Waals surface area contributed by atoms with Gasteiger partial charge < -0.3 is 20.1 Å². The first-order chi connectivity index (χ1) is 18.4. The van der Waals surface area contributed by atoms with Crippen LogP contribution in [0.5, 0.6) is 11.5 Å². The van der Waals surface area contributed by atoms with Crippen molar-refractivity contribution >= 4 is 17.5 Å². The van der Waals surface area contributed by atoms with Gasteiger partial charge >= 0.3 is 0 Å². The summed E-state index contributed by atoms with van der Waals surface area (Å²) in [6.07, 6.45) is 1.48. The van der Waals surface area contributed by atoms with Crippen LogP contribution in [0.2, 0.25) is 0 Å². The molecule has 1 amide bonds. The van der Waals surface area contributed by atoms with Gasteiger partial charge in [-0.25, -0.2) is 4.68 Å². The number of para-hydroxylation sites is 1. The third kappa shape index (κ3) is 5.11. The van der Waals surface area contributed by atoms with E-state index in [-0.39, 0.29) is 5.91 Å². The maximum atomic E-state index is 13.7. The van der Waals surface area contributed by atoms with Crippen molar-refractivity contribution in [1.82, 2.24) is 14.8 Å². The van der Waals surface area contributed by atoms with Crippen LogP contribution in [-0.2, 0) is 11.4 Å². The third-order valence-electron chi connectivity index (χ3n) is 6.53. The summed E-state index contributed by atoms with van der Waals surface area (Å²) >= 11 is 0. The van der Waals surface area contributed by atoms with Gasteiger partial charge in [0.25, 0.3) is 5.91 Å². The number of aromatic nitrogens is 3. The minimum absolute atomic E-state index is 0.215. The van der Waals surface area contributed by atoms with Crippen LogP contribution in [0.4, 0.5) is 11.6 Å². The minimum atomic E-state index is -0.511. The van der Waals surface area contributed by atoms with E-state index in [0.717, 1.165) is 22.4 Å². The number of anilines is 2. The summed E-state index contributed by atoms with van der Waals surface area (Å²) in [4.78, 5) is 18.0. The number of rotatable bonds is 8. The van der Waals surface area contributed by atoms with E-state index in [1.807, 2.05) is 63.2 Å². The Kier molecular flexibility index (Phi) is 7.13. The van der Waals surface area contributed by atoms with Crippen LogP contribution in [0, 0.1) is 13.8 Å². The zero-order chi connectivity index (χ0) is 26.6. The number of benzene rings is 3. The van der Waals surface area contributed by atoms with E-state index in [4.69, 9.17) is 9.47 Å². The number of nitrogens with one attached hydrogen (secondary N) is 2. The van der Waals surface area contributed by atoms with Gasteiger partial charge in [-0.1, -0.05) is 54.1 Å². The molecule has 4 aromatic rings. The second-order valence-electron chi connectivity index (χ2n) is 9.28. The number of amides is 1. The Morgan fingerprint density at radius 3 is 2.55 bits per heavy atom. The summed E-state index contributed by atoms with van der Waals surface area (Å²) in [7, 11) is 0. The molecular weight excluding hydrogens is 478 g/mol. The monoisotopic (exact) mass is 509 g/mol. The highest BCUT2D eigenvalue weighted by Crippen LogP contribution is 2.39. The molecule has 2 N–H and O–H groups in total. The predicted octanol–water partition coefficient (Wildman–Crippen LogP) is 5.80. The third-order valence-corrected chi connectivity index (χ3v) is 6.53. The number of allylic oxidation sites excluding steroid dienone is 1. The SMILES string of the molecule is CCOc1cc([C@@H]2C(C(=O)Nc3ccccc3C)=C(C)Nc3ncnn32)ccc1OCc1ccc(C)cc1. The van der Waals surface area contributed by atoms with Crippen molar-refractivity contribution in [2.75, 3.05) is 17.2 Å². The molecule has 1 aromatic heterocycles. The molecule has 1 atom stereocenters. The fraction of sp³-hybridized carbons (Fsp3) is 0.233. The fourth-order valence-electron chi connectivity index (χ4n) is 4.52. The lowest BCUT2D eigenvalue weighted by molar-refractivity contribution is -0.113. The van der Waals surface area contributed by atoms with E-state index >= 15 is 0 Å². The van der Waals surface area contributed by atoms with Crippen LogP contribution in [-0.4, -0.2) is 27.3 Å². The largest absolute Gasteiger partial charge is 0.490 e. The molecule has 0 radical (unpaired) electrons. The van der Waals surface area contributed by atoms with E-state index < -0.39 is 6.04 Å². The van der Waals surface area contributed by atoms with Crippen LogP contribution in [0.15, 0.2) is 84.3 Å². The minimum Gasteiger partial charge on any atom is -0.490 e. The number of nitrogens with zero attached hydrogens (tertiary/aromatic N) is 3. The summed E-state index contributed by atoms with van der Waals surface area (Å²) in [5.41, 5.74) is 6.10. The average molecular weight is 510 g/mol. The summed E-state index contributed by atoms with van der Waals surface area (Å²) in [5.74, 6) is 1.59. The van der Waals surface area contributed by atoms with Gasteiger partial charge in [0.15, 0.2) is 11.5 Å².